The van der Waals surface area contributed by atoms with Gasteiger partial charge < -0.3 is 14.6 Å². The number of allylic oxidation sites excluding steroid dienone is 1. The highest BCUT2D eigenvalue weighted by molar-refractivity contribution is 5.95. The molecule has 1 heterocycles. The lowest BCUT2D eigenvalue weighted by Crippen LogP contribution is -2.48. The van der Waals surface area contributed by atoms with E-state index in [1.165, 1.54) is 56.4 Å². The summed E-state index contributed by atoms with van der Waals surface area (Å²) in [5, 5.41) is 2.94. The molecule has 0 spiro atoms. The molecule has 4 aliphatic carbocycles. The fourth-order valence-corrected chi connectivity index (χ4v) is 7.61. The maximum Gasteiger partial charge on any atom is 0.251 e. The summed E-state index contributed by atoms with van der Waals surface area (Å²) < 4.78 is 7.74. The Morgan fingerprint density at radius 2 is 1.77 bits per heavy atom. The van der Waals surface area contributed by atoms with Gasteiger partial charge in [0.2, 0.25) is 0 Å². The zero-order chi connectivity index (χ0) is 26.7. The van der Waals surface area contributed by atoms with Crippen LogP contribution >= 0.6 is 0 Å². The molecule has 0 unspecified atom stereocenters. The van der Waals surface area contributed by atoms with Crippen molar-refractivity contribution in [3.63, 3.8) is 0 Å². The van der Waals surface area contributed by atoms with Crippen LogP contribution in [0.25, 0.3) is 0 Å². The van der Waals surface area contributed by atoms with Crippen molar-refractivity contribution < 1.29 is 14.3 Å². The molecule has 4 aliphatic rings. The first kappa shape index (κ1) is 25.6. The lowest BCUT2D eigenvalue weighted by Gasteiger charge is -2.57. The number of nitrogens with one attached hydrogen (secondary N) is 1. The number of hydrogen-bond acceptors (Lipinski definition) is 4. The summed E-state index contributed by atoms with van der Waals surface area (Å²) >= 11 is 0. The van der Waals surface area contributed by atoms with E-state index in [4.69, 9.17) is 4.74 Å². The third kappa shape index (κ3) is 6.00. The second kappa shape index (κ2) is 11.2. The van der Waals surface area contributed by atoms with Crippen molar-refractivity contribution in [2.75, 3.05) is 6.54 Å². The Balaban J connectivity index is 0.973. The predicted molar refractivity (Wildman–Crippen MR) is 150 cm³/mol. The number of benzene rings is 2. The molecule has 1 N–H and O–H groups in total. The molecule has 4 saturated carbocycles. The summed E-state index contributed by atoms with van der Waals surface area (Å²) in [6, 6.07) is 15.8. The van der Waals surface area contributed by atoms with Crippen LogP contribution in [0.3, 0.4) is 0 Å². The van der Waals surface area contributed by atoms with Gasteiger partial charge in [-0.1, -0.05) is 24.3 Å². The van der Waals surface area contributed by atoms with Gasteiger partial charge in [-0.15, -0.1) is 0 Å². The number of imidazole rings is 1. The fraction of sp³-hybridized carbons (Fsp3) is 0.424. The molecule has 2 aromatic carbocycles. The van der Waals surface area contributed by atoms with Crippen LogP contribution in [-0.4, -0.2) is 27.8 Å². The van der Waals surface area contributed by atoms with Crippen molar-refractivity contribution in [1.82, 2.24) is 14.9 Å². The van der Waals surface area contributed by atoms with E-state index in [0.29, 0.717) is 17.5 Å². The van der Waals surface area contributed by atoms with Gasteiger partial charge >= 0.3 is 0 Å². The second-order valence-electron chi connectivity index (χ2n) is 11.9. The minimum atomic E-state index is -0.134. The summed E-state index contributed by atoms with van der Waals surface area (Å²) in [7, 11) is 0. The Hall–Kier alpha value is -3.67. The molecule has 1 amide bonds. The first-order valence-electron chi connectivity index (χ1n) is 14.3. The molecule has 6 heteroatoms. The summed E-state index contributed by atoms with van der Waals surface area (Å²) in [5.41, 5.74) is 3.21. The molecule has 0 aliphatic heterocycles. The third-order valence-corrected chi connectivity index (χ3v) is 8.97. The van der Waals surface area contributed by atoms with Crippen LogP contribution in [-0.2, 0) is 23.2 Å². The summed E-state index contributed by atoms with van der Waals surface area (Å²) in [5.74, 6) is 3.32. The largest absolute Gasteiger partial charge is 0.465 e. The molecule has 3 aromatic rings. The molecule has 4 fully saturated rings. The van der Waals surface area contributed by atoms with Crippen LogP contribution in [0.5, 0.6) is 5.75 Å². The average Bonchev–Trinajstić information content (AvgIpc) is 3.44. The smallest absolute Gasteiger partial charge is 0.251 e. The van der Waals surface area contributed by atoms with Crippen LogP contribution < -0.4 is 10.1 Å². The van der Waals surface area contributed by atoms with E-state index in [9.17, 15) is 9.59 Å². The van der Waals surface area contributed by atoms with Gasteiger partial charge in [0.25, 0.3) is 5.91 Å². The first-order chi connectivity index (χ1) is 19.0. The van der Waals surface area contributed by atoms with E-state index in [0.717, 1.165) is 42.0 Å². The topological polar surface area (TPSA) is 73.2 Å². The molecule has 6 nitrogen and oxygen atoms in total. The normalized spacial score (nSPS) is 25.2. The van der Waals surface area contributed by atoms with Crippen molar-refractivity contribution in [3.05, 3.63) is 96.3 Å². The summed E-state index contributed by atoms with van der Waals surface area (Å²) in [6.45, 7) is 1.37. The number of carbonyl (C=O) groups excluding carboxylic acids is 2. The Morgan fingerprint density at radius 1 is 1.03 bits per heavy atom. The first-order valence-corrected chi connectivity index (χ1v) is 14.3. The van der Waals surface area contributed by atoms with Crippen LogP contribution in [0, 0.1) is 17.8 Å². The molecule has 4 bridgehead atoms. The fourth-order valence-electron chi connectivity index (χ4n) is 7.61. The minimum Gasteiger partial charge on any atom is -0.465 e. The average molecular weight is 524 g/mol. The van der Waals surface area contributed by atoms with Gasteiger partial charge in [-0.2, -0.15) is 0 Å². The maximum atomic E-state index is 12.5. The number of rotatable bonds is 11. The number of ether oxygens (including phenoxy) is 1. The summed E-state index contributed by atoms with van der Waals surface area (Å²) in [4.78, 5) is 29.1. The zero-order valence-corrected chi connectivity index (χ0v) is 22.4. The lowest BCUT2D eigenvalue weighted by atomic mass is 9.48. The second-order valence-corrected chi connectivity index (χ2v) is 11.9. The number of amides is 1. The molecule has 1 aromatic heterocycles. The lowest BCUT2D eigenvalue weighted by molar-refractivity contribution is -0.114. The number of nitrogens with zero attached hydrogens (tertiary/aromatic N) is 2. The van der Waals surface area contributed by atoms with E-state index < -0.39 is 0 Å². The Morgan fingerprint density at radius 3 is 2.46 bits per heavy atom. The zero-order valence-electron chi connectivity index (χ0n) is 22.4. The molecular formula is C33H37N3O3. The molecule has 202 valence electrons. The highest BCUT2D eigenvalue weighted by Gasteiger charge is 2.51. The van der Waals surface area contributed by atoms with E-state index in [1.54, 1.807) is 24.7 Å². The van der Waals surface area contributed by atoms with Gasteiger partial charge in [-0.3, -0.25) is 9.59 Å². The van der Waals surface area contributed by atoms with Crippen molar-refractivity contribution in [2.24, 2.45) is 17.8 Å². The van der Waals surface area contributed by atoms with E-state index >= 15 is 0 Å². The number of hydrogen-bond donors (Lipinski definition) is 1. The van der Waals surface area contributed by atoms with Gasteiger partial charge in [-0.05, 0) is 104 Å². The molecule has 0 saturated heterocycles. The van der Waals surface area contributed by atoms with Gasteiger partial charge in [-0.25, -0.2) is 4.98 Å². The molecule has 7 rings (SSSR count). The highest BCUT2D eigenvalue weighted by atomic mass is 16.5. The van der Waals surface area contributed by atoms with Gasteiger partial charge in [0, 0.05) is 43.5 Å². The van der Waals surface area contributed by atoms with Gasteiger partial charge in [0.15, 0.2) is 5.78 Å². The van der Waals surface area contributed by atoms with Crippen molar-refractivity contribution in [1.29, 1.82) is 0 Å². The number of ketones is 1. The van der Waals surface area contributed by atoms with Gasteiger partial charge in [0.05, 0.1) is 12.6 Å². The SMILES string of the molecule is O=C(/C=C/Oc1ccc(C23CC4CC(CC(C4)C2)C3)cc1)Cc1cccc(C(=O)NCCCn2ccnc2)c1. The molecular weight excluding hydrogens is 486 g/mol. The minimum absolute atomic E-state index is 0.0712. The summed E-state index contributed by atoms with van der Waals surface area (Å²) in [6.07, 6.45) is 17.8. The number of aromatic nitrogens is 2. The van der Waals surface area contributed by atoms with Crippen molar-refractivity contribution >= 4 is 11.7 Å². The predicted octanol–water partition coefficient (Wildman–Crippen LogP) is 5.88. The van der Waals surface area contributed by atoms with Gasteiger partial charge in [0.1, 0.15) is 5.75 Å². The Bertz CT molecular complexity index is 1290. The monoisotopic (exact) mass is 523 g/mol. The molecule has 39 heavy (non-hydrogen) atoms. The van der Waals surface area contributed by atoms with Crippen LogP contribution in [0.4, 0.5) is 0 Å². The van der Waals surface area contributed by atoms with E-state index in [1.807, 2.05) is 35.0 Å². The van der Waals surface area contributed by atoms with Crippen molar-refractivity contribution in [3.8, 4) is 5.75 Å². The van der Waals surface area contributed by atoms with Crippen LogP contribution in [0.2, 0.25) is 0 Å². The molecule has 0 radical (unpaired) electrons. The van der Waals surface area contributed by atoms with E-state index in [-0.39, 0.29) is 18.1 Å². The number of aryl methyl sites for hydroxylation is 1. The van der Waals surface area contributed by atoms with Crippen molar-refractivity contribution in [2.45, 2.75) is 63.3 Å². The van der Waals surface area contributed by atoms with Crippen LogP contribution in [0.15, 0.2) is 79.6 Å². The maximum absolute atomic E-state index is 12.5. The van der Waals surface area contributed by atoms with Crippen LogP contribution in [0.1, 0.15) is 66.4 Å². The Kier molecular flexibility index (Phi) is 7.36. The Labute approximate surface area is 230 Å². The standard InChI is InChI=1S/C33H37N3O3/c37-30(19-24-3-1-4-28(18-24)32(38)35-10-2-12-36-13-11-34-23-36)9-14-39-31-7-5-29(6-8-31)33-20-25-15-26(21-33)17-27(16-25)22-33/h1,3-9,11,13-14,18,23,25-27H,2,10,12,15-17,19-22H2,(H,35,38)/b14-9+. The van der Waals surface area contributed by atoms with E-state index in [2.05, 4.69) is 22.4 Å². The number of carbonyl (C=O) groups is 2. The highest BCUT2D eigenvalue weighted by Crippen LogP contribution is 2.60. The quantitative estimate of drug-likeness (QED) is 0.194. The third-order valence-electron chi connectivity index (χ3n) is 8.97. The molecule has 0 atom stereocenters.